The van der Waals surface area contributed by atoms with Gasteiger partial charge in [-0.3, -0.25) is 0 Å². The molecule has 3 N–H and O–H groups in total. The summed E-state index contributed by atoms with van der Waals surface area (Å²) in [5.41, 5.74) is 6.54. The Morgan fingerprint density at radius 3 is 2.69 bits per heavy atom. The quantitative estimate of drug-likeness (QED) is 0.762. The molecule has 0 spiro atoms. The maximum Gasteiger partial charge on any atom is 0.161 e. The van der Waals surface area contributed by atoms with Crippen molar-refractivity contribution >= 4 is 0 Å². The van der Waals surface area contributed by atoms with Crippen molar-refractivity contribution in [3.63, 3.8) is 0 Å². The van der Waals surface area contributed by atoms with Crippen LogP contribution in [0.25, 0.3) is 0 Å². The Bertz CT molecular complexity index is 328. The lowest BCUT2D eigenvalue weighted by Gasteiger charge is -2.14. The average Bonchev–Trinajstić information content (AvgIpc) is 2.35. The van der Waals surface area contributed by atoms with E-state index in [1.165, 1.54) is 0 Å². The Labute approximate surface area is 96.0 Å². The van der Waals surface area contributed by atoms with Crippen LogP contribution in [-0.2, 0) is 6.54 Å². The summed E-state index contributed by atoms with van der Waals surface area (Å²) in [5.74, 6) is 1.46. The van der Waals surface area contributed by atoms with E-state index in [0.717, 1.165) is 5.56 Å². The third-order valence-electron chi connectivity index (χ3n) is 2.30. The molecule has 0 aromatic heterocycles. The van der Waals surface area contributed by atoms with E-state index in [1.54, 1.807) is 7.11 Å². The minimum atomic E-state index is 0.110. The van der Waals surface area contributed by atoms with Gasteiger partial charge in [-0.1, -0.05) is 13.0 Å². The number of aliphatic hydroxyl groups is 1. The molecule has 1 atom stereocenters. The van der Waals surface area contributed by atoms with Crippen molar-refractivity contribution in [2.45, 2.75) is 13.5 Å². The van der Waals surface area contributed by atoms with Gasteiger partial charge >= 0.3 is 0 Å². The van der Waals surface area contributed by atoms with E-state index in [1.807, 2.05) is 25.1 Å². The molecule has 0 saturated carbocycles. The topological polar surface area (TPSA) is 64.7 Å². The number of ether oxygens (including phenoxy) is 2. The largest absolute Gasteiger partial charge is 0.493 e. The normalized spacial score (nSPS) is 12.2. The number of rotatable bonds is 6. The molecule has 1 rings (SSSR count). The fourth-order valence-electron chi connectivity index (χ4n) is 1.24. The summed E-state index contributed by atoms with van der Waals surface area (Å²) in [6.07, 6.45) is 0. The fourth-order valence-corrected chi connectivity index (χ4v) is 1.24. The van der Waals surface area contributed by atoms with Gasteiger partial charge in [-0.15, -0.1) is 0 Å². The van der Waals surface area contributed by atoms with Crippen LogP contribution in [0.1, 0.15) is 12.5 Å². The van der Waals surface area contributed by atoms with E-state index in [2.05, 4.69) is 0 Å². The summed E-state index contributed by atoms with van der Waals surface area (Å²) >= 11 is 0. The Morgan fingerprint density at radius 2 is 2.12 bits per heavy atom. The first-order chi connectivity index (χ1) is 7.71. The van der Waals surface area contributed by atoms with Crippen molar-refractivity contribution in [2.24, 2.45) is 11.7 Å². The highest BCUT2D eigenvalue weighted by atomic mass is 16.5. The molecule has 90 valence electrons. The second-order valence-corrected chi connectivity index (χ2v) is 3.79. The molecule has 0 amide bonds. The van der Waals surface area contributed by atoms with Crippen molar-refractivity contribution in [1.82, 2.24) is 0 Å². The lowest BCUT2D eigenvalue weighted by Crippen LogP contribution is -2.12. The average molecular weight is 225 g/mol. The molecule has 0 aliphatic carbocycles. The maximum absolute atomic E-state index is 8.89. The SMILES string of the molecule is COc1cc(CN)ccc1OCC(C)CO. The molecule has 4 nitrogen and oxygen atoms in total. The van der Waals surface area contributed by atoms with Gasteiger partial charge in [0.2, 0.25) is 0 Å². The van der Waals surface area contributed by atoms with Crippen LogP contribution in [0, 0.1) is 5.92 Å². The first kappa shape index (κ1) is 12.8. The summed E-state index contributed by atoms with van der Waals surface area (Å²) in [5, 5.41) is 8.89. The van der Waals surface area contributed by atoms with Crippen LogP contribution in [-0.4, -0.2) is 25.4 Å². The van der Waals surface area contributed by atoms with E-state index in [4.69, 9.17) is 20.3 Å². The highest BCUT2D eigenvalue weighted by Crippen LogP contribution is 2.28. The Balaban J connectivity index is 2.71. The van der Waals surface area contributed by atoms with Gasteiger partial charge in [0, 0.05) is 19.1 Å². The van der Waals surface area contributed by atoms with Crippen molar-refractivity contribution in [1.29, 1.82) is 0 Å². The Kier molecular flexibility index (Phi) is 5.08. The van der Waals surface area contributed by atoms with Crippen LogP contribution in [0.15, 0.2) is 18.2 Å². The molecule has 0 heterocycles. The van der Waals surface area contributed by atoms with Gasteiger partial charge in [-0.25, -0.2) is 0 Å². The van der Waals surface area contributed by atoms with Crippen LogP contribution in [0.4, 0.5) is 0 Å². The summed E-state index contributed by atoms with van der Waals surface area (Å²) in [6, 6.07) is 5.60. The molecule has 0 saturated heterocycles. The van der Waals surface area contributed by atoms with Gasteiger partial charge in [-0.2, -0.15) is 0 Å². The second kappa shape index (κ2) is 6.35. The van der Waals surface area contributed by atoms with E-state index in [-0.39, 0.29) is 12.5 Å². The van der Waals surface area contributed by atoms with Crippen molar-refractivity contribution < 1.29 is 14.6 Å². The van der Waals surface area contributed by atoms with E-state index >= 15 is 0 Å². The zero-order valence-corrected chi connectivity index (χ0v) is 9.77. The summed E-state index contributed by atoms with van der Waals surface area (Å²) in [6.45, 7) is 2.97. The highest BCUT2D eigenvalue weighted by Gasteiger charge is 2.07. The first-order valence-electron chi connectivity index (χ1n) is 5.32. The number of methoxy groups -OCH3 is 1. The van der Waals surface area contributed by atoms with E-state index in [9.17, 15) is 0 Å². The standard InChI is InChI=1S/C12H19NO3/c1-9(7-14)8-16-11-4-3-10(6-13)5-12(11)15-2/h3-5,9,14H,6-8,13H2,1-2H3. The summed E-state index contributed by atoms with van der Waals surface area (Å²) in [4.78, 5) is 0. The van der Waals surface area contributed by atoms with Crippen LogP contribution in [0.2, 0.25) is 0 Å². The molecule has 0 bridgehead atoms. The van der Waals surface area contributed by atoms with Gasteiger partial charge in [0.05, 0.1) is 13.7 Å². The monoisotopic (exact) mass is 225 g/mol. The molecule has 1 aromatic carbocycles. The zero-order valence-electron chi connectivity index (χ0n) is 9.77. The van der Waals surface area contributed by atoms with Gasteiger partial charge in [0.15, 0.2) is 11.5 Å². The summed E-state index contributed by atoms with van der Waals surface area (Å²) < 4.78 is 10.8. The van der Waals surface area contributed by atoms with E-state index in [0.29, 0.717) is 24.7 Å². The van der Waals surface area contributed by atoms with Gasteiger partial charge in [0.1, 0.15) is 0 Å². The number of hydrogen-bond acceptors (Lipinski definition) is 4. The van der Waals surface area contributed by atoms with Crippen molar-refractivity contribution in [2.75, 3.05) is 20.3 Å². The van der Waals surface area contributed by atoms with Crippen LogP contribution < -0.4 is 15.2 Å². The molecule has 16 heavy (non-hydrogen) atoms. The number of hydrogen-bond donors (Lipinski definition) is 2. The number of nitrogens with two attached hydrogens (primary N) is 1. The third kappa shape index (κ3) is 3.40. The Hall–Kier alpha value is -1.26. The maximum atomic E-state index is 8.89. The van der Waals surface area contributed by atoms with Gasteiger partial charge < -0.3 is 20.3 Å². The van der Waals surface area contributed by atoms with E-state index < -0.39 is 0 Å². The molecule has 1 unspecified atom stereocenters. The lowest BCUT2D eigenvalue weighted by molar-refractivity contribution is 0.171. The molecular formula is C12H19NO3. The molecule has 0 radical (unpaired) electrons. The van der Waals surface area contributed by atoms with Gasteiger partial charge in [0.25, 0.3) is 0 Å². The molecule has 4 heteroatoms. The predicted molar refractivity (Wildman–Crippen MR) is 62.6 cm³/mol. The number of aliphatic hydroxyl groups excluding tert-OH is 1. The smallest absolute Gasteiger partial charge is 0.161 e. The van der Waals surface area contributed by atoms with Crippen LogP contribution in [0.3, 0.4) is 0 Å². The molecule has 1 aromatic rings. The fraction of sp³-hybridized carbons (Fsp3) is 0.500. The van der Waals surface area contributed by atoms with Crippen molar-refractivity contribution in [3.05, 3.63) is 23.8 Å². The minimum absolute atomic E-state index is 0.110. The zero-order chi connectivity index (χ0) is 12.0. The molecule has 0 aliphatic rings. The minimum Gasteiger partial charge on any atom is -0.493 e. The number of benzene rings is 1. The third-order valence-corrected chi connectivity index (χ3v) is 2.30. The molecule has 0 fully saturated rings. The first-order valence-corrected chi connectivity index (χ1v) is 5.32. The predicted octanol–water partition coefficient (Wildman–Crippen LogP) is 1.16. The summed E-state index contributed by atoms with van der Waals surface area (Å²) in [7, 11) is 1.60. The Morgan fingerprint density at radius 1 is 1.38 bits per heavy atom. The second-order valence-electron chi connectivity index (χ2n) is 3.79. The lowest BCUT2D eigenvalue weighted by atomic mass is 10.2. The van der Waals surface area contributed by atoms with Crippen molar-refractivity contribution in [3.8, 4) is 11.5 Å². The van der Waals surface area contributed by atoms with Crippen LogP contribution >= 0.6 is 0 Å². The van der Waals surface area contributed by atoms with Gasteiger partial charge in [-0.05, 0) is 17.7 Å². The highest BCUT2D eigenvalue weighted by molar-refractivity contribution is 5.42. The molecular weight excluding hydrogens is 206 g/mol. The molecule has 0 aliphatic heterocycles. The van der Waals surface area contributed by atoms with Crippen LogP contribution in [0.5, 0.6) is 11.5 Å².